The number of aromatic carboxylic acids is 1. The van der Waals surface area contributed by atoms with Crippen LogP contribution in [0.1, 0.15) is 33.7 Å². The number of aryl methyl sites for hydroxylation is 2. The summed E-state index contributed by atoms with van der Waals surface area (Å²) in [4.78, 5) is 14.8. The van der Waals surface area contributed by atoms with E-state index in [0.717, 1.165) is 11.5 Å². The first-order chi connectivity index (χ1) is 8.56. The van der Waals surface area contributed by atoms with E-state index in [4.69, 9.17) is 13.9 Å². The highest BCUT2D eigenvalue weighted by Gasteiger charge is 2.09. The molecule has 0 unspecified atom stereocenters. The molecule has 0 bridgehead atoms. The molecule has 0 amide bonds. The molecule has 0 aliphatic rings. The van der Waals surface area contributed by atoms with Gasteiger partial charge in [-0.2, -0.15) is 0 Å². The van der Waals surface area contributed by atoms with Crippen LogP contribution >= 0.6 is 0 Å². The van der Waals surface area contributed by atoms with E-state index in [1.165, 1.54) is 6.07 Å². The molecule has 0 atom stereocenters. The molecule has 0 aliphatic carbocycles. The summed E-state index contributed by atoms with van der Waals surface area (Å²) in [6.45, 7) is 4.64. The minimum atomic E-state index is -1.07. The van der Waals surface area contributed by atoms with Crippen molar-refractivity contribution in [2.75, 3.05) is 0 Å². The highest BCUT2D eigenvalue weighted by atomic mass is 16.4. The van der Waals surface area contributed by atoms with E-state index in [1.54, 1.807) is 6.07 Å². The van der Waals surface area contributed by atoms with Gasteiger partial charge in [-0.05, 0) is 26.0 Å². The van der Waals surface area contributed by atoms with E-state index in [2.05, 4.69) is 10.3 Å². The molecule has 0 saturated carbocycles. The lowest BCUT2D eigenvalue weighted by Gasteiger charge is -1.98. The zero-order valence-electron chi connectivity index (χ0n) is 10.2. The van der Waals surface area contributed by atoms with E-state index in [-0.39, 0.29) is 5.76 Å². The second kappa shape index (κ2) is 5.05. The van der Waals surface area contributed by atoms with Crippen LogP contribution in [-0.2, 0) is 13.1 Å². The van der Waals surface area contributed by atoms with Crippen LogP contribution in [0.2, 0.25) is 0 Å². The molecule has 2 heterocycles. The predicted octanol–water partition coefficient (Wildman–Crippen LogP) is 1.87. The maximum absolute atomic E-state index is 10.6. The summed E-state index contributed by atoms with van der Waals surface area (Å²) >= 11 is 0. The van der Waals surface area contributed by atoms with Gasteiger partial charge < -0.3 is 19.3 Å². The predicted molar refractivity (Wildman–Crippen MR) is 62.2 cm³/mol. The largest absolute Gasteiger partial charge is 0.475 e. The number of carboxylic acid groups (broad SMARTS) is 1. The number of carbonyl (C=O) groups is 1. The molecule has 2 rings (SSSR count). The molecule has 6 heteroatoms. The first kappa shape index (κ1) is 12.4. The highest BCUT2D eigenvalue weighted by molar-refractivity contribution is 5.84. The van der Waals surface area contributed by atoms with Gasteiger partial charge in [0.05, 0.1) is 18.8 Å². The molecule has 2 aromatic rings. The van der Waals surface area contributed by atoms with Crippen molar-refractivity contribution in [3.8, 4) is 0 Å². The lowest BCUT2D eigenvalue weighted by Crippen LogP contribution is -2.12. The van der Waals surface area contributed by atoms with E-state index in [0.29, 0.717) is 24.7 Å². The Hall–Kier alpha value is -2.08. The third-order valence-electron chi connectivity index (χ3n) is 2.52. The molecule has 0 saturated heterocycles. The number of hydrogen-bond acceptors (Lipinski definition) is 5. The summed E-state index contributed by atoms with van der Waals surface area (Å²) in [5.74, 6) is 0.843. The van der Waals surface area contributed by atoms with Gasteiger partial charge in [-0.25, -0.2) is 9.78 Å². The third-order valence-corrected chi connectivity index (χ3v) is 2.52. The zero-order valence-corrected chi connectivity index (χ0v) is 10.2. The van der Waals surface area contributed by atoms with Crippen LogP contribution < -0.4 is 5.32 Å². The van der Waals surface area contributed by atoms with E-state index in [9.17, 15) is 4.79 Å². The number of aromatic nitrogens is 1. The molecule has 0 fully saturated rings. The van der Waals surface area contributed by atoms with Crippen LogP contribution in [0.25, 0.3) is 0 Å². The summed E-state index contributed by atoms with van der Waals surface area (Å²) < 4.78 is 10.5. The Morgan fingerprint density at radius 3 is 2.67 bits per heavy atom. The van der Waals surface area contributed by atoms with E-state index < -0.39 is 5.97 Å². The first-order valence-corrected chi connectivity index (χ1v) is 5.52. The average Bonchev–Trinajstić information content (AvgIpc) is 2.88. The fraction of sp³-hybridized carbons (Fsp3) is 0.333. The number of rotatable bonds is 5. The average molecular weight is 250 g/mol. The fourth-order valence-electron chi connectivity index (χ4n) is 1.50. The van der Waals surface area contributed by atoms with Gasteiger partial charge in [0, 0.05) is 0 Å². The van der Waals surface area contributed by atoms with Gasteiger partial charge in [-0.15, -0.1) is 0 Å². The van der Waals surface area contributed by atoms with Gasteiger partial charge in [0.1, 0.15) is 11.5 Å². The van der Waals surface area contributed by atoms with Gasteiger partial charge in [-0.3, -0.25) is 0 Å². The second-order valence-corrected chi connectivity index (χ2v) is 3.92. The minimum absolute atomic E-state index is 0.0605. The molecule has 0 spiro atoms. The third kappa shape index (κ3) is 2.78. The van der Waals surface area contributed by atoms with Crippen molar-refractivity contribution >= 4 is 5.97 Å². The Bertz CT molecular complexity index is 537. The Kier molecular flexibility index (Phi) is 3.47. The molecule has 6 nitrogen and oxygen atoms in total. The van der Waals surface area contributed by atoms with Crippen LogP contribution in [-0.4, -0.2) is 16.1 Å². The van der Waals surface area contributed by atoms with E-state index in [1.807, 2.05) is 13.8 Å². The number of furan rings is 1. The van der Waals surface area contributed by atoms with Crippen molar-refractivity contribution in [3.05, 3.63) is 41.0 Å². The molecule has 0 aromatic carbocycles. The Morgan fingerprint density at radius 2 is 2.11 bits per heavy atom. The van der Waals surface area contributed by atoms with Crippen molar-refractivity contribution < 1.29 is 18.7 Å². The van der Waals surface area contributed by atoms with Gasteiger partial charge in [0.15, 0.2) is 0 Å². The maximum atomic E-state index is 10.6. The summed E-state index contributed by atoms with van der Waals surface area (Å²) in [5.41, 5.74) is 0.873. The highest BCUT2D eigenvalue weighted by Crippen LogP contribution is 2.09. The van der Waals surface area contributed by atoms with Crippen LogP contribution in [0.4, 0.5) is 0 Å². The smallest absolute Gasteiger partial charge is 0.371 e. The van der Waals surface area contributed by atoms with Crippen LogP contribution in [0, 0.1) is 13.8 Å². The summed E-state index contributed by atoms with van der Waals surface area (Å²) in [6, 6.07) is 3.06. The Balaban J connectivity index is 1.86. The Labute approximate surface area is 104 Å². The van der Waals surface area contributed by atoms with E-state index >= 15 is 0 Å². The number of nitrogens with one attached hydrogen (secondary N) is 1. The van der Waals surface area contributed by atoms with Gasteiger partial charge in [0.25, 0.3) is 0 Å². The maximum Gasteiger partial charge on any atom is 0.371 e. The second-order valence-electron chi connectivity index (χ2n) is 3.92. The van der Waals surface area contributed by atoms with Crippen LogP contribution in [0.3, 0.4) is 0 Å². The monoisotopic (exact) mass is 250 g/mol. The summed E-state index contributed by atoms with van der Waals surface area (Å²) in [7, 11) is 0. The molecule has 2 aromatic heterocycles. The summed E-state index contributed by atoms with van der Waals surface area (Å²) in [5, 5.41) is 11.8. The first-order valence-electron chi connectivity index (χ1n) is 5.52. The van der Waals surface area contributed by atoms with Gasteiger partial charge in [-0.1, -0.05) is 0 Å². The SMILES string of the molecule is Cc1nc(CNCc2ccc(C(=O)O)o2)oc1C. The normalized spacial score (nSPS) is 10.8. The number of hydrogen-bond donors (Lipinski definition) is 2. The fourth-order valence-corrected chi connectivity index (χ4v) is 1.50. The lowest BCUT2D eigenvalue weighted by molar-refractivity contribution is 0.0660. The number of oxazole rings is 1. The quantitative estimate of drug-likeness (QED) is 0.842. The van der Waals surface area contributed by atoms with Crippen molar-refractivity contribution in [1.82, 2.24) is 10.3 Å². The van der Waals surface area contributed by atoms with Gasteiger partial charge in [0.2, 0.25) is 11.7 Å². The molecule has 0 aliphatic heterocycles. The Morgan fingerprint density at radius 1 is 1.33 bits per heavy atom. The molecule has 2 N–H and O–H groups in total. The van der Waals surface area contributed by atoms with Crippen molar-refractivity contribution in [3.63, 3.8) is 0 Å². The topological polar surface area (TPSA) is 88.5 Å². The molecule has 96 valence electrons. The van der Waals surface area contributed by atoms with Gasteiger partial charge >= 0.3 is 5.97 Å². The number of carboxylic acids is 1. The molecule has 18 heavy (non-hydrogen) atoms. The lowest BCUT2D eigenvalue weighted by atomic mass is 10.4. The zero-order chi connectivity index (χ0) is 13.1. The number of nitrogens with zero attached hydrogens (tertiary/aromatic N) is 1. The summed E-state index contributed by atoms with van der Waals surface area (Å²) in [6.07, 6.45) is 0. The van der Waals surface area contributed by atoms with Crippen molar-refractivity contribution in [1.29, 1.82) is 0 Å². The molecule has 0 radical (unpaired) electrons. The standard InChI is InChI=1S/C12H14N2O4/c1-7-8(2)17-11(14-7)6-13-5-9-3-4-10(18-9)12(15)16/h3-4,13H,5-6H2,1-2H3,(H,15,16). The van der Waals surface area contributed by atoms with Crippen LogP contribution in [0.5, 0.6) is 0 Å². The molecular formula is C12H14N2O4. The van der Waals surface area contributed by atoms with Crippen molar-refractivity contribution in [2.45, 2.75) is 26.9 Å². The van der Waals surface area contributed by atoms with Crippen molar-refractivity contribution in [2.24, 2.45) is 0 Å². The van der Waals surface area contributed by atoms with Crippen LogP contribution in [0.15, 0.2) is 21.0 Å². The minimum Gasteiger partial charge on any atom is -0.475 e. The molecular weight excluding hydrogens is 236 g/mol.